The van der Waals surface area contributed by atoms with E-state index >= 15 is 0 Å². The third-order valence-corrected chi connectivity index (χ3v) is 4.20. The highest BCUT2D eigenvalue weighted by molar-refractivity contribution is 5.91. The molecule has 0 bridgehead atoms. The number of likely N-dealkylation sites (N-methyl/N-ethyl adjacent to an activating group) is 1. The van der Waals surface area contributed by atoms with Crippen LogP contribution in [-0.2, 0) is 0 Å². The zero-order chi connectivity index (χ0) is 14.4. The van der Waals surface area contributed by atoms with Gasteiger partial charge in [0.05, 0.1) is 6.54 Å². The van der Waals surface area contributed by atoms with Crippen molar-refractivity contribution in [3.05, 3.63) is 24.4 Å². The molecule has 0 amide bonds. The minimum atomic E-state index is 0.161. The number of guanidine groups is 1. The third kappa shape index (κ3) is 3.70. The number of anilines is 1. The minimum absolute atomic E-state index is 0.161. The number of aliphatic imine (C=N–C) groups is 1. The van der Waals surface area contributed by atoms with E-state index in [1.807, 2.05) is 18.2 Å². The van der Waals surface area contributed by atoms with E-state index in [4.69, 9.17) is 5.73 Å². The topological polar surface area (TPSA) is 66.5 Å². The average Bonchev–Trinajstić information content (AvgIpc) is 2.47. The Balaban J connectivity index is 1.98. The molecule has 1 fully saturated rings. The van der Waals surface area contributed by atoms with Crippen molar-refractivity contribution >= 4 is 11.8 Å². The van der Waals surface area contributed by atoms with Crippen LogP contribution in [-0.4, -0.2) is 42.0 Å². The van der Waals surface area contributed by atoms with Crippen molar-refractivity contribution < 1.29 is 0 Å². The highest BCUT2D eigenvalue weighted by Gasteiger charge is 2.33. The summed E-state index contributed by atoms with van der Waals surface area (Å²) < 4.78 is 0. The Kier molecular flexibility index (Phi) is 4.95. The Labute approximate surface area is 121 Å². The number of hydrogen-bond acceptors (Lipinski definition) is 3. The number of hydrogen-bond donors (Lipinski definition) is 2. The summed E-state index contributed by atoms with van der Waals surface area (Å²) in [5.74, 6) is 1.17. The van der Waals surface area contributed by atoms with Crippen LogP contribution in [0.4, 0.5) is 5.82 Å². The normalized spacial score (nSPS) is 19.1. The SMILES string of the molecule is CN(C)C1(CN=C(N)Nc2ccccn2)CCCCC1. The predicted molar refractivity (Wildman–Crippen MR) is 83.9 cm³/mol. The van der Waals surface area contributed by atoms with Crippen molar-refractivity contribution in [3.63, 3.8) is 0 Å². The second-order valence-electron chi connectivity index (χ2n) is 5.72. The molecule has 1 heterocycles. The van der Waals surface area contributed by atoms with Crippen LogP contribution in [0, 0.1) is 0 Å². The van der Waals surface area contributed by atoms with Crippen LogP contribution in [0.25, 0.3) is 0 Å². The zero-order valence-corrected chi connectivity index (χ0v) is 12.5. The van der Waals surface area contributed by atoms with Crippen LogP contribution < -0.4 is 11.1 Å². The van der Waals surface area contributed by atoms with E-state index < -0.39 is 0 Å². The first-order valence-electron chi connectivity index (χ1n) is 7.28. The standard InChI is InChI=1S/C15H25N5/c1-20(2)15(9-5-3-6-10-15)12-18-14(16)19-13-8-4-7-11-17-13/h4,7-8,11H,3,5-6,9-10,12H2,1-2H3,(H3,16,17,18,19). The molecular weight excluding hydrogens is 250 g/mol. The maximum Gasteiger partial charge on any atom is 0.194 e. The zero-order valence-electron chi connectivity index (χ0n) is 12.5. The predicted octanol–water partition coefficient (Wildman–Crippen LogP) is 2.07. The molecule has 110 valence electrons. The monoisotopic (exact) mass is 275 g/mol. The molecule has 0 unspecified atom stereocenters. The second-order valence-corrected chi connectivity index (χ2v) is 5.72. The fourth-order valence-corrected chi connectivity index (χ4v) is 2.80. The van der Waals surface area contributed by atoms with Gasteiger partial charge in [-0.3, -0.25) is 4.99 Å². The van der Waals surface area contributed by atoms with Gasteiger partial charge in [-0.1, -0.05) is 25.3 Å². The first kappa shape index (κ1) is 14.8. The molecule has 1 saturated carbocycles. The first-order valence-corrected chi connectivity index (χ1v) is 7.28. The maximum atomic E-state index is 5.96. The number of nitrogens with one attached hydrogen (secondary N) is 1. The van der Waals surface area contributed by atoms with Gasteiger partial charge in [0.25, 0.3) is 0 Å². The smallest absolute Gasteiger partial charge is 0.194 e. The largest absolute Gasteiger partial charge is 0.370 e. The number of pyridine rings is 1. The third-order valence-electron chi connectivity index (χ3n) is 4.20. The molecule has 0 aliphatic heterocycles. The summed E-state index contributed by atoms with van der Waals surface area (Å²) in [5.41, 5.74) is 6.12. The van der Waals surface area contributed by atoms with Crippen molar-refractivity contribution in [2.45, 2.75) is 37.6 Å². The summed E-state index contributed by atoms with van der Waals surface area (Å²) in [6.45, 7) is 0.742. The number of aromatic nitrogens is 1. The van der Waals surface area contributed by atoms with Gasteiger partial charge in [0.15, 0.2) is 5.96 Å². The summed E-state index contributed by atoms with van der Waals surface area (Å²) in [5, 5.41) is 3.04. The number of rotatable bonds is 4. The van der Waals surface area contributed by atoms with Gasteiger partial charge >= 0.3 is 0 Å². The van der Waals surface area contributed by atoms with E-state index in [1.165, 1.54) is 32.1 Å². The van der Waals surface area contributed by atoms with E-state index in [2.05, 4.69) is 34.3 Å². The molecule has 0 radical (unpaired) electrons. The molecule has 1 aliphatic carbocycles. The lowest BCUT2D eigenvalue weighted by Crippen LogP contribution is -2.49. The van der Waals surface area contributed by atoms with E-state index in [1.54, 1.807) is 6.20 Å². The molecule has 2 rings (SSSR count). The molecule has 5 nitrogen and oxygen atoms in total. The summed E-state index contributed by atoms with van der Waals surface area (Å²) >= 11 is 0. The molecule has 0 atom stereocenters. The van der Waals surface area contributed by atoms with Gasteiger partial charge in [-0.15, -0.1) is 0 Å². The van der Waals surface area contributed by atoms with Crippen LogP contribution in [0.2, 0.25) is 0 Å². The van der Waals surface area contributed by atoms with Crippen LogP contribution >= 0.6 is 0 Å². The van der Waals surface area contributed by atoms with E-state index in [0.717, 1.165) is 12.4 Å². The fraction of sp³-hybridized carbons (Fsp3) is 0.600. The second kappa shape index (κ2) is 6.70. The van der Waals surface area contributed by atoms with E-state index in [9.17, 15) is 0 Å². The van der Waals surface area contributed by atoms with Crippen LogP contribution in [0.3, 0.4) is 0 Å². The first-order chi connectivity index (χ1) is 9.62. The van der Waals surface area contributed by atoms with Crippen molar-refractivity contribution in [2.24, 2.45) is 10.7 Å². The summed E-state index contributed by atoms with van der Waals surface area (Å²) in [6.07, 6.45) is 8.02. The Morgan fingerprint density at radius 1 is 1.35 bits per heavy atom. The molecule has 0 aromatic carbocycles. The van der Waals surface area contributed by atoms with Crippen molar-refractivity contribution in [1.82, 2.24) is 9.88 Å². The molecule has 1 aromatic rings. The highest BCUT2D eigenvalue weighted by Crippen LogP contribution is 2.32. The Bertz CT molecular complexity index is 435. The van der Waals surface area contributed by atoms with Gasteiger partial charge in [-0.25, -0.2) is 4.98 Å². The Morgan fingerprint density at radius 3 is 2.70 bits per heavy atom. The number of nitrogens with zero attached hydrogens (tertiary/aromatic N) is 3. The fourth-order valence-electron chi connectivity index (χ4n) is 2.80. The van der Waals surface area contributed by atoms with E-state index in [0.29, 0.717) is 5.96 Å². The van der Waals surface area contributed by atoms with Crippen LogP contribution in [0.15, 0.2) is 29.4 Å². The summed E-state index contributed by atoms with van der Waals surface area (Å²) in [4.78, 5) is 11.0. The van der Waals surface area contributed by atoms with E-state index in [-0.39, 0.29) is 5.54 Å². The van der Waals surface area contributed by atoms with Gasteiger partial charge in [0.1, 0.15) is 5.82 Å². The van der Waals surface area contributed by atoms with Crippen molar-refractivity contribution in [3.8, 4) is 0 Å². The molecule has 1 aliphatic rings. The van der Waals surface area contributed by atoms with Gasteiger partial charge in [-0.05, 0) is 39.1 Å². The summed E-state index contributed by atoms with van der Waals surface area (Å²) in [7, 11) is 4.28. The molecular formula is C15H25N5. The molecule has 20 heavy (non-hydrogen) atoms. The Morgan fingerprint density at radius 2 is 2.10 bits per heavy atom. The summed E-state index contributed by atoms with van der Waals surface area (Å²) in [6, 6.07) is 5.68. The average molecular weight is 275 g/mol. The van der Waals surface area contributed by atoms with Gasteiger partial charge in [0, 0.05) is 11.7 Å². The Hall–Kier alpha value is -1.62. The van der Waals surface area contributed by atoms with Gasteiger partial charge in [0.2, 0.25) is 0 Å². The minimum Gasteiger partial charge on any atom is -0.370 e. The molecule has 3 N–H and O–H groups in total. The lowest BCUT2D eigenvalue weighted by atomic mass is 9.81. The lowest BCUT2D eigenvalue weighted by molar-refractivity contribution is 0.109. The molecule has 0 saturated heterocycles. The number of nitrogens with two attached hydrogens (primary N) is 1. The highest BCUT2D eigenvalue weighted by atomic mass is 15.2. The quantitative estimate of drug-likeness (QED) is 0.652. The van der Waals surface area contributed by atoms with Crippen molar-refractivity contribution in [1.29, 1.82) is 0 Å². The van der Waals surface area contributed by atoms with Crippen molar-refractivity contribution in [2.75, 3.05) is 26.0 Å². The van der Waals surface area contributed by atoms with Gasteiger partial charge in [-0.2, -0.15) is 0 Å². The van der Waals surface area contributed by atoms with Crippen LogP contribution in [0.1, 0.15) is 32.1 Å². The maximum absolute atomic E-state index is 5.96. The van der Waals surface area contributed by atoms with Gasteiger partial charge < -0.3 is 16.0 Å². The van der Waals surface area contributed by atoms with Crippen LogP contribution in [0.5, 0.6) is 0 Å². The molecule has 5 heteroatoms. The molecule has 1 aromatic heterocycles. The lowest BCUT2D eigenvalue weighted by Gasteiger charge is -2.42. The molecule has 0 spiro atoms.